The van der Waals surface area contributed by atoms with E-state index in [1.165, 1.54) is 0 Å². The number of amides is 1. The van der Waals surface area contributed by atoms with Crippen LogP contribution in [-0.4, -0.2) is 19.5 Å². The van der Waals surface area contributed by atoms with Crippen molar-refractivity contribution in [3.05, 3.63) is 11.1 Å². The van der Waals surface area contributed by atoms with Crippen LogP contribution in [0.1, 0.15) is 42.9 Å². The molecule has 0 aliphatic rings. The molecular formula is C11H24KN2O-. The van der Waals surface area contributed by atoms with Crippen molar-refractivity contribution in [1.29, 1.82) is 0 Å². The Morgan fingerprint density at radius 2 is 1.40 bits per heavy atom. The molecule has 0 spiro atoms. The van der Waals surface area contributed by atoms with Gasteiger partial charge in [-0.1, -0.05) is 52.4 Å². The van der Waals surface area contributed by atoms with Gasteiger partial charge in [0.1, 0.15) is 0 Å². The summed E-state index contributed by atoms with van der Waals surface area (Å²) in [6.07, 6.45) is -1.33. The molecule has 0 rings (SSSR count). The van der Waals surface area contributed by atoms with Gasteiger partial charge < -0.3 is 15.8 Å². The molecule has 4 heteroatoms. The molecule has 0 aliphatic heterocycles. The maximum Gasteiger partial charge on any atom is 1.00 e. The largest absolute Gasteiger partial charge is 1.00 e. The molecule has 0 atom stereocenters. The first-order chi connectivity index (χ1) is 6.42. The van der Waals surface area contributed by atoms with Crippen molar-refractivity contribution in [2.75, 3.05) is 7.05 Å². The van der Waals surface area contributed by atoms with Gasteiger partial charge in [0.25, 0.3) is 0 Å². The van der Waals surface area contributed by atoms with Crippen molar-refractivity contribution < 1.29 is 57.5 Å². The van der Waals surface area contributed by atoms with E-state index in [-0.39, 0.29) is 62.2 Å². The summed E-state index contributed by atoms with van der Waals surface area (Å²) in [5.41, 5.74) is 6.18. The molecule has 0 saturated carbocycles. The van der Waals surface area contributed by atoms with E-state index < -0.39 is 6.39 Å². The van der Waals surface area contributed by atoms with Gasteiger partial charge in [-0.2, -0.15) is 7.05 Å². The van der Waals surface area contributed by atoms with Crippen LogP contribution >= 0.6 is 0 Å². The Bertz CT molecular complexity index is 179. The molecule has 1 amide bonds. The first-order valence-electron chi connectivity index (χ1n) is 5.24. The topological polar surface area (TPSA) is 55.0 Å². The molecule has 0 aromatic carbocycles. The fourth-order valence-electron chi connectivity index (χ4n) is 2.07. The zero-order valence-electron chi connectivity index (χ0n) is 12.4. The van der Waals surface area contributed by atoms with E-state index in [0.29, 0.717) is 6.04 Å². The van der Waals surface area contributed by atoms with Crippen molar-refractivity contribution >= 4 is 6.39 Å². The summed E-state index contributed by atoms with van der Waals surface area (Å²) in [4.78, 5) is 8.78. The Morgan fingerprint density at radius 1 is 1.20 bits per heavy atom. The van der Waals surface area contributed by atoms with Crippen LogP contribution in [0.3, 0.4) is 0 Å². The third-order valence-electron chi connectivity index (χ3n) is 1.90. The predicted octanol–water partition coefficient (Wildman–Crippen LogP) is 0.650. The summed E-state index contributed by atoms with van der Waals surface area (Å²) in [6, 6.07) is 0.440. The molecule has 15 heavy (non-hydrogen) atoms. The van der Waals surface area contributed by atoms with Gasteiger partial charge in [-0.3, -0.25) is 0 Å². The number of carbonyl (C=O) groups excluding carboxylic acids is 1. The summed E-state index contributed by atoms with van der Waals surface area (Å²) in [7, 11) is 1.92. The summed E-state index contributed by atoms with van der Waals surface area (Å²) in [5, 5.41) is 4.43. The Labute approximate surface area is 139 Å². The number of nitrogens with zero attached hydrogens (tertiary/aromatic N) is 1. The van der Waals surface area contributed by atoms with Crippen LogP contribution in [0.25, 0.3) is 11.1 Å². The zero-order valence-corrected chi connectivity index (χ0v) is 14.6. The summed E-state index contributed by atoms with van der Waals surface area (Å²) in [6.45, 7) is 13.5. The van der Waals surface area contributed by atoms with E-state index in [1.807, 2.05) is 7.05 Å². The number of hydrogen-bond donors (Lipinski definition) is 0. The molecule has 3 nitrogen and oxygen atoms in total. The van der Waals surface area contributed by atoms with Crippen LogP contribution in [0, 0.1) is 10.8 Å². The number of hydrogen-bond acceptors (Lipinski definition) is 1. The normalized spacial score (nSPS) is 12.1. The minimum Gasteiger partial charge on any atom is -0.671 e. The number of nitrogens with one attached hydrogen (secondary N) is 1. The maximum absolute atomic E-state index is 8.78. The van der Waals surface area contributed by atoms with Crippen LogP contribution < -0.4 is 51.4 Å². The molecule has 0 heterocycles. The monoisotopic (exact) mass is 241 g/mol. The molecule has 0 aliphatic carbocycles. The van der Waals surface area contributed by atoms with Crippen molar-refractivity contribution in [2.24, 2.45) is 10.8 Å². The second-order valence-electron chi connectivity index (χ2n) is 5.49. The molecule has 0 aromatic rings. The van der Waals surface area contributed by atoms with Gasteiger partial charge in [-0.15, -0.1) is 6.04 Å². The van der Waals surface area contributed by atoms with E-state index in [2.05, 4.69) is 46.9 Å². The predicted molar refractivity (Wildman–Crippen MR) is 62.4 cm³/mol. The summed E-state index contributed by atoms with van der Waals surface area (Å²) in [5.74, 6) is 0. The van der Waals surface area contributed by atoms with Crippen molar-refractivity contribution in [2.45, 2.75) is 47.6 Å². The molecular weight excluding hydrogens is 215 g/mol. The van der Waals surface area contributed by atoms with Crippen LogP contribution in [0.4, 0.5) is 0 Å². The first kappa shape index (κ1) is 18.4. The van der Waals surface area contributed by atoms with Crippen LogP contribution in [0.2, 0.25) is 0 Å². The van der Waals surface area contributed by atoms with E-state index in [9.17, 15) is 0 Å². The minimum absolute atomic E-state index is 0. The Morgan fingerprint density at radius 3 is 1.40 bits per heavy atom. The van der Waals surface area contributed by atoms with Gasteiger partial charge in [0.2, 0.25) is 0 Å². The molecule has 0 unspecified atom stereocenters. The van der Waals surface area contributed by atoms with E-state index >= 15 is 0 Å². The van der Waals surface area contributed by atoms with Gasteiger partial charge >= 0.3 is 51.4 Å². The number of carbonyl (C=O) groups is 1. The zero-order chi connectivity index (χ0) is 12.9. The summed E-state index contributed by atoms with van der Waals surface area (Å²) >= 11 is 0. The van der Waals surface area contributed by atoms with Gasteiger partial charge in [0.15, 0.2) is 0 Å². The van der Waals surface area contributed by atoms with E-state index in [4.69, 9.17) is 11.9 Å². The molecule has 0 saturated heterocycles. The van der Waals surface area contributed by atoms with Crippen LogP contribution in [-0.2, 0) is 4.79 Å². The van der Waals surface area contributed by atoms with Gasteiger partial charge in [0, 0.05) is 6.39 Å². The first-order valence-corrected chi connectivity index (χ1v) is 4.74. The van der Waals surface area contributed by atoms with Crippen LogP contribution in [0.15, 0.2) is 0 Å². The van der Waals surface area contributed by atoms with Gasteiger partial charge in [-0.05, 0) is 0 Å². The quantitative estimate of drug-likeness (QED) is 0.491. The van der Waals surface area contributed by atoms with Gasteiger partial charge in [0.05, 0.1) is 1.37 Å². The molecule has 0 aromatic heterocycles. The average Bonchev–Trinajstić information content (AvgIpc) is 1.78. The standard InChI is InChI=1S/C10H22N.CH3NO.K/c1-9(2,3)8(11-7)10(4,5)6;2-1-3;/h8H,1-7H3;1H,(H2,2,3);/q-1;;+1/p-1/i;1T;. The van der Waals surface area contributed by atoms with Crippen molar-refractivity contribution in [3.63, 3.8) is 0 Å². The van der Waals surface area contributed by atoms with Crippen LogP contribution in [0.5, 0.6) is 0 Å². The SMILES string of the molecule is C[N-]C(C(C)(C)C)C(C)(C)C.[3H]C([NH-])=O.[K+]. The van der Waals surface area contributed by atoms with Crippen molar-refractivity contribution in [3.8, 4) is 0 Å². The molecule has 86 valence electrons. The third kappa shape index (κ3) is 11.3. The maximum atomic E-state index is 8.78. The fraction of sp³-hybridized carbons (Fsp3) is 0.909. The second kappa shape index (κ2) is 9.13. The molecule has 0 fully saturated rings. The third-order valence-corrected chi connectivity index (χ3v) is 1.90. The molecule has 0 bridgehead atoms. The molecule has 1 N–H and O–H groups in total. The van der Waals surface area contributed by atoms with Gasteiger partial charge in [-0.25, -0.2) is 0 Å². The Balaban J connectivity index is -0.000000292. The number of rotatable bonds is 1. The minimum atomic E-state index is -1.33. The van der Waals surface area contributed by atoms with E-state index in [1.54, 1.807) is 0 Å². The molecule has 0 radical (unpaired) electrons. The van der Waals surface area contributed by atoms with E-state index in [0.717, 1.165) is 0 Å². The average molecular weight is 241 g/mol. The second-order valence-corrected chi connectivity index (χ2v) is 5.49. The fourth-order valence-corrected chi connectivity index (χ4v) is 2.07. The summed E-state index contributed by atoms with van der Waals surface area (Å²) < 4.78 is 5.61. The Kier molecular flexibility index (Phi) is 11.2. The smallest absolute Gasteiger partial charge is 0.671 e. The van der Waals surface area contributed by atoms with Crippen molar-refractivity contribution in [1.82, 2.24) is 0 Å². The Hall–Kier alpha value is 1.07.